The largest absolute Gasteiger partial charge is 0.497 e. The van der Waals surface area contributed by atoms with E-state index in [9.17, 15) is 13.2 Å². The number of benzene rings is 1. The van der Waals surface area contributed by atoms with Gasteiger partial charge >= 0.3 is 0 Å². The highest BCUT2D eigenvalue weighted by Crippen LogP contribution is 2.23. The molecule has 0 amide bonds. The molecule has 0 fully saturated rings. The number of sulfone groups is 1. The third-order valence-corrected chi connectivity index (χ3v) is 4.88. The number of ether oxygens (including phenoxy) is 1. The number of nitrogens with one attached hydrogen (secondary N) is 1. The molecule has 0 radical (unpaired) electrons. The van der Waals surface area contributed by atoms with E-state index in [1.165, 1.54) is 19.2 Å². The van der Waals surface area contributed by atoms with Crippen LogP contribution in [0.15, 0.2) is 44.9 Å². The van der Waals surface area contributed by atoms with Gasteiger partial charge in [0.1, 0.15) is 10.6 Å². The smallest absolute Gasteiger partial charge is 0.267 e. The Kier molecular flexibility index (Phi) is 3.67. The molecule has 0 aliphatic carbocycles. The predicted octanol–water partition coefficient (Wildman–Crippen LogP) is 1.83. The SMILES string of the molecule is COc1ccc(S(=O)(=O)c2c(C)cc(C)[nH]c2=O)cc1. The molecule has 2 rings (SSSR count). The standard InChI is InChI=1S/C14H15NO4S/c1-9-8-10(2)15-14(16)13(9)20(17,18)12-6-4-11(19-3)5-7-12/h4-8H,1-3H3,(H,15,16). The number of aryl methyl sites for hydroxylation is 2. The van der Waals surface area contributed by atoms with Crippen molar-refractivity contribution < 1.29 is 13.2 Å². The van der Waals surface area contributed by atoms with E-state index in [4.69, 9.17) is 4.74 Å². The van der Waals surface area contributed by atoms with E-state index in [1.54, 1.807) is 32.0 Å². The Hall–Kier alpha value is -2.08. The Morgan fingerprint density at radius 2 is 1.70 bits per heavy atom. The average molecular weight is 293 g/mol. The minimum absolute atomic E-state index is 0.0655. The third kappa shape index (κ3) is 2.46. The molecule has 0 saturated carbocycles. The average Bonchev–Trinajstić information content (AvgIpc) is 2.37. The van der Waals surface area contributed by atoms with Gasteiger partial charge in [0.2, 0.25) is 9.84 Å². The van der Waals surface area contributed by atoms with E-state index in [1.807, 2.05) is 0 Å². The highest BCUT2D eigenvalue weighted by molar-refractivity contribution is 7.91. The van der Waals surface area contributed by atoms with Crippen LogP contribution < -0.4 is 10.3 Å². The van der Waals surface area contributed by atoms with Crippen LogP contribution in [-0.2, 0) is 9.84 Å². The number of hydrogen-bond acceptors (Lipinski definition) is 4. The van der Waals surface area contributed by atoms with E-state index >= 15 is 0 Å². The summed E-state index contributed by atoms with van der Waals surface area (Å²) in [6.07, 6.45) is 0. The maximum atomic E-state index is 12.5. The lowest BCUT2D eigenvalue weighted by atomic mass is 10.2. The van der Waals surface area contributed by atoms with E-state index < -0.39 is 15.4 Å². The number of methoxy groups -OCH3 is 1. The fourth-order valence-corrected chi connectivity index (χ4v) is 3.56. The molecule has 0 aliphatic heterocycles. The van der Waals surface area contributed by atoms with Crippen LogP contribution >= 0.6 is 0 Å². The van der Waals surface area contributed by atoms with Crippen molar-refractivity contribution in [3.05, 3.63) is 51.9 Å². The minimum Gasteiger partial charge on any atom is -0.497 e. The first-order valence-corrected chi connectivity index (χ1v) is 7.44. The van der Waals surface area contributed by atoms with E-state index in [2.05, 4.69) is 4.98 Å². The topological polar surface area (TPSA) is 76.2 Å². The van der Waals surface area contributed by atoms with Crippen LogP contribution in [0.4, 0.5) is 0 Å². The number of hydrogen-bond donors (Lipinski definition) is 1. The Morgan fingerprint density at radius 1 is 1.10 bits per heavy atom. The third-order valence-electron chi connectivity index (χ3n) is 2.95. The molecular weight excluding hydrogens is 278 g/mol. The fraction of sp³-hybridized carbons (Fsp3) is 0.214. The van der Waals surface area contributed by atoms with E-state index in [0.29, 0.717) is 17.0 Å². The van der Waals surface area contributed by atoms with Gasteiger partial charge in [-0.25, -0.2) is 8.42 Å². The van der Waals surface area contributed by atoms with Crippen molar-refractivity contribution in [1.29, 1.82) is 0 Å². The number of rotatable bonds is 3. The second-order valence-corrected chi connectivity index (χ2v) is 6.36. The van der Waals surface area contributed by atoms with Crippen LogP contribution in [0.25, 0.3) is 0 Å². The first kappa shape index (κ1) is 14.3. The van der Waals surface area contributed by atoms with Crippen molar-refractivity contribution in [3.8, 4) is 5.75 Å². The van der Waals surface area contributed by atoms with Gasteiger partial charge < -0.3 is 9.72 Å². The van der Waals surface area contributed by atoms with Gasteiger partial charge in [-0.3, -0.25) is 4.79 Å². The molecule has 6 heteroatoms. The lowest BCUT2D eigenvalue weighted by Gasteiger charge is -2.08. The molecule has 1 aromatic carbocycles. The summed E-state index contributed by atoms with van der Waals surface area (Å²) in [5.41, 5.74) is 0.460. The maximum absolute atomic E-state index is 12.5. The molecule has 0 saturated heterocycles. The molecule has 0 atom stereocenters. The normalized spacial score (nSPS) is 11.3. The van der Waals surface area contributed by atoms with Crippen LogP contribution in [0.2, 0.25) is 0 Å². The number of pyridine rings is 1. The zero-order chi connectivity index (χ0) is 14.9. The van der Waals surface area contributed by atoms with Crippen molar-refractivity contribution in [3.63, 3.8) is 0 Å². The van der Waals surface area contributed by atoms with Crippen LogP contribution in [0, 0.1) is 13.8 Å². The van der Waals surface area contributed by atoms with Crippen molar-refractivity contribution in [2.75, 3.05) is 7.11 Å². The Labute approximate surface area is 117 Å². The summed E-state index contributed by atoms with van der Waals surface area (Å²) in [7, 11) is -2.34. The maximum Gasteiger partial charge on any atom is 0.267 e. The number of H-pyrrole nitrogens is 1. The van der Waals surface area contributed by atoms with Crippen LogP contribution in [0.5, 0.6) is 5.75 Å². The molecule has 1 N–H and O–H groups in total. The van der Waals surface area contributed by atoms with Gasteiger partial charge in [-0.1, -0.05) is 0 Å². The van der Waals surface area contributed by atoms with Gasteiger partial charge in [-0.2, -0.15) is 0 Å². The molecule has 106 valence electrons. The number of aromatic nitrogens is 1. The first-order valence-electron chi connectivity index (χ1n) is 5.96. The van der Waals surface area contributed by atoms with Crippen molar-refractivity contribution in [2.45, 2.75) is 23.6 Å². The van der Waals surface area contributed by atoms with Crippen molar-refractivity contribution in [1.82, 2.24) is 4.98 Å². The Bertz CT molecular complexity index is 789. The van der Waals surface area contributed by atoms with Crippen LogP contribution in [0.1, 0.15) is 11.3 Å². The molecule has 1 heterocycles. The molecule has 5 nitrogen and oxygen atoms in total. The minimum atomic E-state index is -3.84. The predicted molar refractivity (Wildman–Crippen MR) is 75.0 cm³/mol. The van der Waals surface area contributed by atoms with E-state index in [-0.39, 0.29) is 9.79 Å². The summed E-state index contributed by atoms with van der Waals surface area (Å²) in [6.45, 7) is 3.32. The monoisotopic (exact) mass is 293 g/mol. The summed E-state index contributed by atoms with van der Waals surface area (Å²) < 4.78 is 30.0. The van der Waals surface area contributed by atoms with Gasteiger partial charge in [0.15, 0.2) is 0 Å². The van der Waals surface area contributed by atoms with Crippen LogP contribution in [-0.4, -0.2) is 20.5 Å². The first-order chi connectivity index (χ1) is 9.36. The molecule has 0 unspecified atom stereocenters. The number of aromatic amines is 1. The quantitative estimate of drug-likeness (QED) is 0.936. The highest BCUT2D eigenvalue weighted by atomic mass is 32.2. The Morgan fingerprint density at radius 3 is 2.20 bits per heavy atom. The molecular formula is C14H15NO4S. The van der Waals surface area contributed by atoms with Gasteiger partial charge in [0.25, 0.3) is 5.56 Å². The summed E-state index contributed by atoms with van der Waals surface area (Å²) in [5.74, 6) is 0.554. The van der Waals surface area contributed by atoms with Gasteiger partial charge in [-0.05, 0) is 49.7 Å². The molecule has 1 aromatic heterocycles. The second-order valence-electron chi connectivity index (χ2n) is 4.47. The van der Waals surface area contributed by atoms with Gasteiger partial charge in [0, 0.05) is 5.69 Å². The van der Waals surface area contributed by atoms with Gasteiger partial charge in [0.05, 0.1) is 12.0 Å². The Balaban J connectivity index is 2.63. The van der Waals surface area contributed by atoms with Crippen LogP contribution in [0.3, 0.4) is 0 Å². The summed E-state index contributed by atoms with van der Waals surface area (Å²) in [6, 6.07) is 7.58. The molecule has 0 bridgehead atoms. The van der Waals surface area contributed by atoms with E-state index in [0.717, 1.165) is 0 Å². The summed E-state index contributed by atoms with van der Waals surface area (Å²) >= 11 is 0. The highest BCUT2D eigenvalue weighted by Gasteiger charge is 2.23. The summed E-state index contributed by atoms with van der Waals surface area (Å²) in [4.78, 5) is 14.3. The zero-order valence-electron chi connectivity index (χ0n) is 11.4. The molecule has 0 spiro atoms. The lowest BCUT2D eigenvalue weighted by Crippen LogP contribution is -2.20. The summed E-state index contributed by atoms with van der Waals surface area (Å²) in [5, 5.41) is 0. The lowest BCUT2D eigenvalue weighted by molar-refractivity contribution is 0.414. The van der Waals surface area contributed by atoms with Crippen molar-refractivity contribution >= 4 is 9.84 Å². The molecule has 2 aromatic rings. The molecule has 0 aliphatic rings. The fourth-order valence-electron chi connectivity index (χ4n) is 2.05. The van der Waals surface area contributed by atoms with Gasteiger partial charge in [-0.15, -0.1) is 0 Å². The second kappa shape index (κ2) is 5.13. The zero-order valence-corrected chi connectivity index (χ0v) is 12.2. The molecule has 20 heavy (non-hydrogen) atoms. The van der Waals surface area contributed by atoms with Crippen molar-refractivity contribution in [2.24, 2.45) is 0 Å².